The Morgan fingerprint density at radius 2 is 1.69 bits per heavy atom. The van der Waals surface area contributed by atoms with Crippen LogP contribution >= 0.6 is 0 Å². The maximum absolute atomic E-state index is 11.0. The molecule has 16 heavy (non-hydrogen) atoms. The van der Waals surface area contributed by atoms with Gasteiger partial charge in [-0.3, -0.25) is 4.79 Å². The molecule has 0 radical (unpaired) electrons. The van der Waals surface area contributed by atoms with E-state index in [0.717, 1.165) is 12.2 Å². The number of rotatable bonds is 5. The number of hydrogen-bond donors (Lipinski definition) is 3. The third kappa shape index (κ3) is 7.36. The number of nitrogens with one attached hydrogen (secondary N) is 2. The summed E-state index contributed by atoms with van der Waals surface area (Å²) in [6.07, 6.45) is 1.66. The number of carbonyl (C=O) groups is 3. The van der Waals surface area contributed by atoms with E-state index in [1.165, 1.54) is 4.90 Å². The van der Waals surface area contributed by atoms with Crippen molar-refractivity contribution in [3.05, 3.63) is 12.2 Å². The molecule has 0 rings (SSSR count). The maximum Gasteiger partial charge on any atom is 0.328 e. The lowest BCUT2D eigenvalue weighted by Crippen LogP contribution is -2.39. The summed E-state index contributed by atoms with van der Waals surface area (Å²) >= 11 is 0. The maximum atomic E-state index is 11.0. The van der Waals surface area contributed by atoms with Crippen LogP contribution in [0.25, 0.3) is 0 Å². The fraction of sp³-hybridized carbons (Fsp3) is 0.444. The molecule has 7 nitrogen and oxygen atoms in total. The molecule has 3 N–H and O–H groups in total. The normalized spacial score (nSPS) is 9.88. The molecule has 3 amide bonds. The number of carboxylic acid groups (broad SMARTS) is 1. The Hall–Kier alpha value is -2.05. The van der Waals surface area contributed by atoms with Crippen molar-refractivity contribution >= 4 is 17.9 Å². The van der Waals surface area contributed by atoms with Crippen LogP contribution < -0.4 is 10.6 Å². The van der Waals surface area contributed by atoms with Gasteiger partial charge >= 0.3 is 12.0 Å². The Labute approximate surface area is 93.1 Å². The third-order valence-electron chi connectivity index (χ3n) is 1.48. The first-order valence-corrected chi connectivity index (χ1v) is 4.57. The Balaban J connectivity index is 3.63. The topological polar surface area (TPSA) is 98.7 Å². The Morgan fingerprint density at radius 3 is 2.19 bits per heavy atom. The molecule has 0 saturated heterocycles. The van der Waals surface area contributed by atoms with E-state index in [-0.39, 0.29) is 19.1 Å². The van der Waals surface area contributed by atoms with E-state index in [9.17, 15) is 14.4 Å². The predicted octanol–water partition coefficient (Wildman–Crippen LogP) is -0.985. The van der Waals surface area contributed by atoms with Gasteiger partial charge in [-0.15, -0.1) is 0 Å². The lowest BCUT2D eigenvalue weighted by atomic mass is 10.4. The molecule has 0 fully saturated rings. The Bertz CT molecular complexity index is 299. The highest BCUT2D eigenvalue weighted by Gasteiger charge is 2.01. The molecule has 0 aliphatic rings. The van der Waals surface area contributed by atoms with Crippen LogP contribution in [0.2, 0.25) is 0 Å². The average molecular weight is 229 g/mol. The van der Waals surface area contributed by atoms with Crippen molar-refractivity contribution in [1.82, 2.24) is 15.5 Å². The number of aliphatic carboxylic acids is 1. The number of carbonyl (C=O) groups excluding carboxylic acids is 2. The summed E-state index contributed by atoms with van der Waals surface area (Å²) in [4.78, 5) is 33.4. The molecule has 0 aliphatic heterocycles. The Kier molecular flexibility index (Phi) is 6.34. The van der Waals surface area contributed by atoms with Crippen molar-refractivity contribution in [1.29, 1.82) is 0 Å². The molecule has 0 spiro atoms. The van der Waals surface area contributed by atoms with Gasteiger partial charge in [-0.2, -0.15) is 0 Å². The summed E-state index contributed by atoms with van der Waals surface area (Å²) in [5.41, 5.74) is 0. The van der Waals surface area contributed by atoms with E-state index in [1.54, 1.807) is 14.1 Å². The van der Waals surface area contributed by atoms with Crippen LogP contribution in [0.1, 0.15) is 0 Å². The summed E-state index contributed by atoms with van der Waals surface area (Å²) in [7, 11) is 3.20. The van der Waals surface area contributed by atoms with Gasteiger partial charge in [-0.1, -0.05) is 0 Å². The van der Waals surface area contributed by atoms with Gasteiger partial charge in [-0.25, -0.2) is 9.59 Å². The third-order valence-corrected chi connectivity index (χ3v) is 1.48. The molecule has 0 aromatic carbocycles. The van der Waals surface area contributed by atoms with Crippen LogP contribution in [0.3, 0.4) is 0 Å². The summed E-state index contributed by atoms with van der Waals surface area (Å²) in [5.74, 6) is -1.70. The highest BCUT2D eigenvalue weighted by Crippen LogP contribution is 1.76. The van der Waals surface area contributed by atoms with Gasteiger partial charge in [0, 0.05) is 39.3 Å². The van der Waals surface area contributed by atoms with E-state index in [4.69, 9.17) is 5.11 Å². The van der Waals surface area contributed by atoms with Gasteiger partial charge in [0.25, 0.3) is 0 Å². The van der Waals surface area contributed by atoms with Crippen LogP contribution in [0, 0.1) is 0 Å². The van der Waals surface area contributed by atoms with Gasteiger partial charge in [0.05, 0.1) is 0 Å². The van der Waals surface area contributed by atoms with E-state index in [2.05, 4.69) is 10.6 Å². The molecule has 90 valence electrons. The molecule has 0 unspecified atom stereocenters. The number of amides is 3. The van der Waals surface area contributed by atoms with Gasteiger partial charge in [0.2, 0.25) is 5.91 Å². The SMILES string of the molecule is CN(C)C(=O)NCCNC(=O)/C=C/C(=O)O. The second-order valence-electron chi connectivity index (χ2n) is 3.09. The van der Waals surface area contributed by atoms with Gasteiger partial charge in [0.1, 0.15) is 0 Å². The minimum Gasteiger partial charge on any atom is -0.478 e. The zero-order valence-electron chi connectivity index (χ0n) is 9.19. The van der Waals surface area contributed by atoms with E-state index < -0.39 is 11.9 Å². The summed E-state index contributed by atoms with van der Waals surface area (Å²) in [6.45, 7) is 0.520. The molecular formula is C9H15N3O4. The second-order valence-corrected chi connectivity index (χ2v) is 3.09. The van der Waals surface area contributed by atoms with Crippen LogP contribution in [0.15, 0.2) is 12.2 Å². The molecule has 7 heteroatoms. The molecule has 0 aromatic rings. The molecule has 0 saturated carbocycles. The van der Waals surface area contributed by atoms with Gasteiger partial charge < -0.3 is 20.6 Å². The monoisotopic (exact) mass is 229 g/mol. The first kappa shape index (κ1) is 13.9. The smallest absolute Gasteiger partial charge is 0.328 e. The first-order chi connectivity index (χ1) is 7.43. The van der Waals surface area contributed by atoms with Gasteiger partial charge in [0.15, 0.2) is 0 Å². The van der Waals surface area contributed by atoms with Crippen LogP contribution in [-0.2, 0) is 9.59 Å². The first-order valence-electron chi connectivity index (χ1n) is 4.57. The highest BCUT2D eigenvalue weighted by molar-refractivity contribution is 5.93. The highest BCUT2D eigenvalue weighted by atomic mass is 16.4. The van der Waals surface area contributed by atoms with E-state index in [1.807, 2.05) is 0 Å². The number of carboxylic acids is 1. The zero-order valence-corrected chi connectivity index (χ0v) is 9.19. The summed E-state index contributed by atoms with van der Waals surface area (Å²) in [5, 5.41) is 13.2. The quantitative estimate of drug-likeness (QED) is 0.416. The van der Waals surface area contributed by atoms with Crippen molar-refractivity contribution in [3.63, 3.8) is 0 Å². The van der Waals surface area contributed by atoms with Crippen molar-refractivity contribution in [2.45, 2.75) is 0 Å². The average Bonchev–Trinajstić information content (AvgIpc) is 2.20. The lowest BCUT2D eigenvalue weighted by Gasteiger charge is -2.11. The van der Waals surface area contributed by atoms with Crippen molar-refractivity contribution in [2.75, 3.05) is 27.2 Å². The minimum absolute atomic E-state index is 0.238. The zero-order chi connectivity index (χ0) is 12.6. The molecule has 0 aromatic heterocycles. The van der Waals surface area contributed by atoms with Crippen LogP contribution in [0.5, 0.6) is 0 Å². The predicted molar refractivity (Wildman–Crippen MR) is 56.9 cm³/mol. The van der Waals surface area contributed by atoms with E-state index >= 15 is 0 Å². The second kappa shape index (κ2) is 7.27. The standard InChI is InChI=1S/C9H15N3O4/c1-12(2)9(16)11-6-5-10-7(13)3-4-8(14)15/h3-4H,5-6H2,1-2H3,(H,10,13)(H,11,16)(H,14,15)/b4-3+. The summed E-state index contributed by atoms with van der Waals surface area (Å²) < 4.78 is 0. The number of urea groups is 1. The van der Waals surface area contributed by atoms with Crippen LogP contribution in [-0.4, -0.2) is 55.1 Å². The van der Waals surface area contributed by atoms with Crippen molar-refractivity contribution < 1.29 is 19.5 Å². The largest absolute Gasteiger partial charge is 0.478 e. The fourth-order valence-electron chi connectivity index (χ4n) is 0.719. The van der Waals surface area contributed by atoms with Gasteiger partial charge in [-0.05, 0) is 0 Å². The fourth-order valence-corrected chi connectivity index (χ4v) is 0.719. The molecule has 0 heterocycles. The molecule has 0 bridgehead atoms. The van der Waals surface area contributed by atoms with Crippen molar-refractivity contribution in [3.8, 4) is 0 Å². The molecule has 0 atom stereocenters. The Morgan fingerprint density at radius 1 is 1.12 bits per heavy atom. The summed E-state index contributed by atoms with van der Waals surface area (Å²) in [6, 6.07) is -0.254. The number of nitrogens with zero attached hydrogens (tertiary/aromatic N) is 1. The lowest BCUT2D eigenvalue weighted by molar-refractivity contribution is -0.131. The molecule has 0 aliphatic carbocycles. The van der Waals surface area contributed by atoms with Crippen molar-refractivity contribution in [2.24, 2.45) is 0 Å². The van der Waals surface area contributed by atoms with E-state index in [0.29, 0.717) is 0 Å². The van der Waals surface area contributed by atoms with Crippen LogP contribution in [0.4, 0.5) is 4.79 Å². The number of hydrogen-bond acceptors (Lipinski definition) is 3. The molecular weight excluding hydrogens is 214 g/mol. The minimum atomic E-state index is -1.18.